The normalized spacial score (nSPS) is 35.6. The van der Waals surface area contributed by atoms with Crippen molar-refractivity contribution in [2.45, 2.75) is 152 Å². The summed E-state index contributed by atoms with van der Waals surface area (Å²) >= 11 is 6.16. The molecule has 10 nitrogen and oxygen atoms in total. The molecule has 0 saturated heterocycles. The van der Waals surface area contributed by atoms with Gasteiger partial charge < -0.3 is 19.8 Å². The first-order valence-corrected chi connectivity index (χ1v) is 22.5. The highest BCUT2D eigenvalue weighted by Crippen LogP contribution is 2.77. The zero-order chi connectivity index (χ0) is 43.0. The lowest BCUT2D eigenvalue weighted by Crippen LogP contribution is -2.66. The van der Waals surface area contributed by atoms with Crippen molar-refractivity contribution < 1.29 is 29.3 Å². The summed E-state index contributed by atoms with van der Waals surface area (Å²) in [6, 6.07) is -0.157. The number of allylic oxidation sites excluding steroid dienone is 1. The van der Waals surface area contributed by atoms with Crippen LogP contribution in [0.15, 0.2) is 23.5 Å². The summed E-state index contributed by atoms with van der Waals surface area (Å²) in [4.78, 5) is 52.9. The number of esters is 1. The van der Waals surface area contributed by atoms with Gasteiger partial charge in [0.2, 0.25) is 0 Å². The maximum atomic E-state index is 14.4. The molecule has 1 aromatic rings. The van der Waals surface area contributed by atoms with Crippen LogP contribution in [0.3, 0.4) is 0 Å². The molecule has 5 aliphatic rings. The quantitative estimate of drug-likeness (QED) is 0.186. The number of carboxylic acids is 1. The molecule has 0 amide bonds. The van der Waals surface area contributed by atoms with Gasteiger partial charge >= 0.3 is 11.9 Å². The summed E-state index contributed by atoms with van der Waals surface area (Å²) in [6.07, 6.45) is 10.1. The zero-order valence-electron chi connectivity index (χ0n) is 37.6. The van der Waals surface area contributed by atoms with Crippen LogP contribution in [0.25, 0.3) is 0 Å². The number of hydrogen-bond acceptors (Lipinski definition) is 9. The largest absolute Gasteiger partial charge is 0.481 e. The summed E-state index contributed by atoms with van der Waals surface area (Å²) in [6.45, 7) is 23.7. The van der Waals surface area contributed by atoms with E-state index in [0.29, 0.717) is 42.2 Å². The van der Waals surface area contributed by atoms with Gasteiger partial charge in [0.05, 0.1) is 29.0 Å². The van der Waals surface area contributed by atoms with Crippen LogP contribution in [-0.4, -0.2) is 93.6 Å². The molecule has 1 aromatic heterocycles. The summed E-state index contributed by atoms with van der Waals surface area (Å²) < 4.78 is 6.20. The lowest BCUT2D eigenvalue weighted by molar-refractivity contribution is -0.235. The number of ketones is 1. The van der Waals surface area contributed by atoms with Crippen LogP contribution in [0.4, 0.5) is 0 Å². The number of carbonyl (C=O) groups excluding carboxylic acids is 2. The van der Waals surface area contributed by atoms with Crippen LogP contribution >= 0.6 is 11.6 Å². The maximum Gasteiger partial charge on any atom is 0.309 e. The molecule has 0 aliphatic heterocycles. The first-order valence-electron chi connectivity index (χ1n) is 22.1. The van der Waals surface area contributed by atoms with Gasteiger partial charge in [-0.25, -0.2) is 9.97 Å². The Balaban J connectivity index is 1.30. The Hall–Kier alpha value is -2.40. The number of aliphatic carboxylic acids is 1. The van der Waals surface area contributed by atoms with E-state index in [-0.39, 0.29) is 57.8 Å². The Morgan fingerprint density at radius 3 is 2.19 bits per heavy atom. The molecule has 1 heterocycles. The molecule has 2 N–H and O–H groups in total. The van der Waals surface area contributed by atoms with Gasteiger partial charge in [-0.15, -0.1) is 0 Å². The molecule has 2 unspecified atom stereocenters. The molecule has 10 atom stereocenters. The predicted molar refractivity (Wildman–Crippen MR) is 227 cm³/mol. The second-order valence-electron chi connectivity index (χ2n) is 21.8. The lowest BCUT2D eigenvalue weighted by Gasteiger charge is -2.72. The number of aliphatic hydroxyl groups is 1. The third-order valence-electron chi connectivity index (χ3n) is 17.3. The van der Waals surface area contributed by atoms with E-state index in [1.54, 1.807) is 26.2 Å². The number of Topliss-reactive ketones (excluding diaryl/α,β-unsaturated/α-hetero) is 1. The third kappa shape index (κ3) is 7.40. The molecule has 5 aliphatic carbocycles. The minimum Gasteiger partial charge on any atom is -0.481 e. The average molecular weight is 826 g/mol. The molecule has 0 spiro atoms. The molecule has 324 valence electrons. The van der Waals surface area contributed by atoms with Gasteiger partial charge in [-0.1, -0.05) is 65.6 Å². The van der Waals surface area contributed by atoms with Crippen LogP contribution in [-0.2, 0) is 19.1 Å². The number of aliphatic hydroxyl groups excluding tert-OH is 1. The SMILES string of the molecule is CC(C)C1=C2[C@H]3CC[C@@H]4[C@@]5(C)CC[C@H](OC(=O)CC(C)(C)C(=O)O)C(C)(C)[C@@H]5CC[C@@]4(C)[C@]3(C)CCC2(C(O)CN(CCN(C)C)[C@H](C)c2ncc(Cl)cn2)CC1=O. The number of carbonyl (C=O) groups is 3. The maximum absolute atomic E-state index is 14.4. The van der Waals surface area contributed by atoms with E-state index in [4.69, 9.17) is 16.3 Å². The van der Waals surface area contributed by atoms with Gasteiger partial charge in [0.25, 0.3) is 0 Å². The van der Waals surface area contributed by atoms with Gasteiger partial charge in [-0.3, -0.25) is 19.3 Å². The summed E-state index contributed by atoms with van der Waals surface area (Å²) in [5.41, 5.74) is 0.184. The standard InChI is InChI=1S/C47H73ClN4O6/c1-28(2)38-32(53)23-47(35(54)27-52(22-21-51(11)12)29(3)40-49-25-30(48)26-50-40)20-19-45(9)31(39(38)47)13-14-34-44(8)17-16-36(58-37(55)24-42(4,5)41(56)57)43(6,7)33(44)15-18-46(34,45)10/h25-26,28-29,31,33-36,54H,13-24,27H2,1-12H3,(H,56,57)/t29-,31-,33+,34-,35?,36+,44+,45-,46-,47?/m1/s1. The number of rotatable bonds is 13. The van der Waals surface area contributed by atoms with Crippen LogP contribution < -0.4 is 0 Å². The highest BCUT2D eigenvalue weighted by Gasteiger charge is 2.71. The first kappa shape index (κ1) is 45.1. The van der Waals surface area contributed by atoms with Crippen molar-refractivity contribution in [3.8, 4) is 0 Å². The van der Waals surface area contributed by atoms with Crippen molar-refractivity contribution in [1.29, 1.82) is 0 Å². The Bertz CT molecular complexity index is 1780. The van der Waals surface area contributed by atoms with Crippen LogP contribution in [0.1, 0.15) is 145 Å². The van der Waals surface area contributed by atoms with Crippen LogP contribution in [0, 0.1) is 56.2 Å². The minimum absolute atomic E-state index is 0.0162. The fourth-order valence-electron chi connectivity index (χ4n) is 13.8. The van der Waals surface area contributed by atoms with Gasteiger partial charge in [0.1, 0.15) is 11.9 Å². The van der Waals surface area contributed by atoms with E-state index in [1.165, 1.54) is 5.57 Å². The van der Waals surface area contributed by atoms with Gasteiger partial charge in [0, 0.05) is 49.3 Å². The Kier molecular flexibility index (Phi) is 12.3. The fraction of sp³-hybridized carbons (Fsp3) is 0.809. The van der Waals surface area contributed by atoms with Crippen molar-refractivity contribution in [2.24, 2.45) is 56.2 Å². The van der Waals surface area contributed by atoms with Gasteiger partial charge in [-0.2, -0.15) is 0 Å². The molecule has 58 heavy (non-hydrogen) atoms. The molecular weight excluding hydrogens is 752 g/mol. The van der Waals surface area contributed by atoms with Gasteiger partial charge in [-0.05, 0) is 132 Å². The second-order valence-corrected chi connectivity index (χ2v) is 22.2. The van der Waals surface area contributed by atoms with Crippen LogP contribution in [0.2, 0.25) is 5.02 Å². The van der Waals surface area contributed by atoms with E-state index >= 15 is 0 Å². The first-order chi connectivity index (χ1) is 26.9. The lowest BCUT2D eigenvalue weighted by atomic mass is 9.33. The van der Waals surface area contributed by atoms with Gasteiger partial charge in [0.15, 0.2) is 5.78 Å². The number of halogens is 1. The van der Waals surface area contributed by atoms with E-state index in [2.05, 4.69) is 89.3 Å². The summed E-state index contributed by atoms with van der Waals surface area (Å²) in [7, 11) is 4.12. The molecule has 6 rings (SSSR count). The Labute approximate surface area is 353 Å². The number of carboxylic acid groups (broad SMARTS) is 1. The van der Waals surface area contributed by atoms with Crippen molar-refractivity contribution in [2.75, 3.05) is 33.7 Å². The minimum atomic E-state index is -1.18. The van der Waals surface area contributed by atoms with E-state index in [1.807, 2.05) is 0 Å². The molecular formula is C47H73ClN4O6. The number of fused-ring (bicyclic) bond motifs is 7. The molecule has 0 radical (unpaired) electrons. The van der Waals surface area contributed by atoms with Crippen molar-refractivity contribution >= 4 is 29.3 Å². The molecule has 11 heteroatoms. The van der Waals surface area contributed by atoms with E-state index < -0.39 is 28.9 Å². The molecule has 0 bridgehead atoms. The molecule has 0 aromatic carbocycles. The third-order valence-corrected chi connectivity index (χ3v) is 17.5. The highest BCUT2D eigenvalue weighted by molar-refractivity contribution is 6.30. The van der Waals surface area contributed by atoms with E-state index in [9.17, 15) is 24.6 Å². The predicted octanol–water partition coefficient (Wildman–Crippen LogP) is 8.81. The Morgan fingerprint density at radius 2 is 1.59 bits per heavy atom. The van der Waals surface area contributed by atoms with Crippen molar-refractivity contribution in [1.82, 2.24) is 19.8 Å². The number of ether oxygens (including phenoxy) is 1. The highest BCUT2D eigenvalue weighted by atomic mass is 35.5. The summed E-state index contributed by atoms with van der Waals surface area (Å²) in [5, 5.41) is 22.9. The smallest absolute Gasteiger partial charge is 0.309 e. The Morgan fingerprint density at radius 1 is 0.931 bits per heavy atom. The number of likely N-dealkylation sites (N-methyl/N-ethyl adjacent to an activating group) is 1. The monoisotopic (exact) mass is 825 g/mol. The number of hydrogen-bond donors (Lipinski definition) is 2. The van der Waals surface area contributed by atoms with E-state index in [0.717, 1.165) is 63.5 Å². The summed E-state index contributed by atoms with van der Waals surface area (Å²) in [5.74, 6) is 0.541. The zero-order valence-corrected chi connectivity index (χ0v) is 38.3. The number of aromatic nitrogens is 2. The topological polar surface area (TPSA) is 133 Å². The molecule has 4 saturated carbocycles. The average Bonchev–Trinajstić information content (AvgIpc) is 3.44. The van der Waals surface area contributed by atoms with Crippen molar-refractivity contribution in [3.63, 3.8) is 0 Å². The molecule has 4 fully saturated rings. The fourth-order valence-corrected chi connectivity index (χ4v) is 13.9. The second kappa shape index (κ2) is 15.8. The van der Waals surface area contributed by atoms with Crippen molar-refractivity contribution in [3.05, 3.63) is 34.4 Å². The van der Waals surface area contributed by atoms with Crippen LogP contribution in [0.5, 0.6) is 0 Å². The number of nitrogens with zero attached hydrogens (tertiary/aromatic N) is 4.